The Morgan fingerprint density at radius 1 is 1.06 bits per heavy atom. The minimum absolute atomic E-state index is 0.741. The summed E-state index contributed by atoms with van der Waals surface area (Å²) < 4.78 is 1.03. The van der Waals surface area contributed by atoms with Crippen molar-refractivity contribution in [2.75, 3.05) is 5.73 Å². The molecule has 1 aromatic heterocycles. The van der Waals surface area contributed by atoms with Gasteiger partial charge >= 0.3 is 0 Å². The Morgan fingerprint density at radius 3 is 2.50 bits per heavy atom. The van der Waals surface area contributed by atoms with E-state index in [0.29, 0.717) is 0 Å². The van der Waals surface area contributed by atoms with E-state index in [4.69, 9.17) is 5.73 Å². The third-order valence-electron chi connectivity index (χ3n) is 2.91. The molecular formula is C13H11BrN4. The zero-order valence-corrected chi connectivity index (χ0v) is 11.3. The fourth-order valence-corrected chi connectivity index (χ4v) is 2.08. The Morgan fingerprint density at radius 2 is 1.78 bits per heavy atom. The number of aryl methyl sites for hydroxylation is 1. The number of aromatic nitrogens is 3. The van der Waals surface area contributed by atoms with E-state index in [2.05, 4.69) is 26.1 Å². The Balaban J connectivity index is 2.19. The first-order valence-corrected chi connectivity index (χ1v) is 6.32. The Bertz CT molecular complexity index is 716. The van der Waals surface area contributed by atoms with Crippen molar-refractivity contribution >= 4 is 32.7 Å². The van der Waals surface area contributed by atoms with E-state index >= 15 is 0 Å². The summed E-state index contributed by atoms with van der Waals surface area (Å²) in [7, 11) is 0. The van der Waals surface area contributed by atoms with Gasteiger partial charge in [-0.25, -0.2) is 0 Å². The standard InChI is InChI=1S/C13H11BrN4/c1-8-11(15)6-7-12-13(8)17-18(16-12)10-4-2-9(14)3-5-10/h2-7H,15H2,1H3. The van der Waals surface area contributed by atoms with E-state index in [1.54, 1.807) is 4.80 Å². The lowest BCUT2D eigenvalue weighted by Crippen LogP contribution is -1.97. The molecule has 0 amide bonds. The Labute approximate surface area is 113 Å². The minimum Gasteiger partial charge on any atom is -0.398 e. The van der Waals surface area contributed by atoms with Crippen LogP contribution in [0.2, 0.25) is 0 Å². The highest BCUT2D eigenvalue weighted by Gasteiger charge is 2.08. The summed E-state index contributed by atoms with van der Waals surface area (Å²) >= 11 is 3.41. The first-order chi connectivity index (χ1) is 8.65. The molecule has 90 valence electrons. The normalized spacial score (nSPS) is 11.0. The summed E-state index contributed by atoms with van der Waals surface area (Å²) in [6.45, 7) is 1.96. The first-order valence-electron chi connectivity index (χ1n) is 5.53. The number of nitrogens with two attached hydrogens (primary N) is 1. The van der Waals surface area contributed by atoms with E-state index in [1.807, 2.05) is 43.3 Å². The van der Waals surface area contributed by atoms with Gasteiger partial charge < -0.3 is 5.73 Å². The molecule has 0 unspecified atom stereocenters. The minimum atomic E-state index is 0.741. The van der Waals surface area contributed by atoms with Gasteiger partial charge in [0.25, 0.3) is 0 Å². The van der Waals surface area contributed by atoms with Crippen LogP contribution in [0.15, 0.2) is 40.9 Å². The molecule has 0 aliphatic carbocycles. The van der Waals surface area contributed by atoms with E-state index in [1.165, 1.54) is 0 Å². The Hall–Kier alpha value is -1.88. The van der Waals surface area contributed by atoms with Gasteiger partial charge in [0.05, 0.1) is 5.69 Å². The fraction of sp³-hybridized carbons (Fsp3) is 0.0769. The second-order valence-electron chi connectivity index (χ2n) is 4.11. The molecule has 3 aromatic rings. The third kappa shape index (κ3) is 1.76. The molecule has 2 aromatic carbocycles. The summed E-state index contributed by atoms with van der Waals surface area (Å²) in [5.74, 6) is 0. The molecule has 5 heteroatoms. The molecule has 2 N–H and O–H groups in total. The van der Waals surface area contributed by atoms with Crippen molar-refractivity contribution in [2.45, 2.75) is 6.92 Å². The number of anilines is 1. The lowest BCUT2D eigenvalue weighted by Gasteiger charge is -1.98. The fourth-order valence-electron chi connectivity index (χ4n) is 1.82. The van der Waals surface area contributed by atoms with Gasteiger partial charge in [0.15, 0.2) is 0 Å². The van der Waals surface area contributed by atoms with Gasteiger partial charge in [-0.3, -0.25) is 0 Å². The zero-order chi connectivity index (χ0) is 12.7. The molecule has 3 rings (SSSR count). The van der Waals surface area contributed by atoms with Crippen molar-refractivity contribution in [3.8, 4) is 5.69 Å². The van der Waals surface area contributed by atoms with Crippen LogP contribution in [0, 0.1) is 6.92 Å². The van der Waals surface area contributed by atoms with Gasteiger partial charge in [0.1, 0.15) is 11.0 Å². The largest absolute Gasteiger partial charge is 0.398 e. The van der Waals surface area contributed by atoms with Gasteiger partial charge in [-0.05, 0) is 43.3 Å². The molecule has 0 aliphatic heterocycles. The number of fused-ring (bicyclic) bond motifs is 1. The maximum absolute atomic E-state index is 5.87. The van der Waals surface area contributed by atoms with E-state index in [9.17, 15) is 0 Å². The van der Waals surface area contributed by atoms with E-state index < -0.39 is 0 Å². The number of hydrogen-bond donors (Lipinski definition) is 1. The highest BCUT2D eigenvalue weighted by atomic mass is 79.9. The highest BCUT2D eigenvalue weighted by molar-refractivity contribution is 9.10. The summed E-state index contributed by atoms with van der Waals surface area (Å²) in [5, 5.41) is 8.93. The second kappa shape index (κ2) is 4.10. The van der Waals surface area contributed by atoms with Crippen LogP contribution < -0.4 is 5.73 Å². The number of nitrogens with zero attached hydrogens (tertiary/aromatic N) is 3. The average molecular weight is 303 g/mol. The molecule has 0 atom stereocenters. The topological polar surface area (TPSA) is 56.7 Å². The SMILES string of the molecule is Cc1c(N)ccc2nn(-c3ccc(Br)cc3)nc12. The third-order valence-corrected chi connectivity index (χ3v) is 3.44. The second-order valence-corrected chi connectivity index (χ2v) is 5.03. The van der Waals surface area contributed by atoms with Gasteiger partial charge in [0.2, 0.25) is 0 Å². The van der Waals surface area contributed by atoms with Crippen molar-refractivity contribution < 1.29 is 0 Å². The van der Waals surface area contributed by atoms with E-state index in [-0.39, 0.29) is 0 Å². The predicted octanol–water partition coefficient (Wildman–Crippen LogP) is 3.07. The van der Waals surface area contributed by atoms with Crippen LogP contribution in [0.3, 0.4) is 0 Å². The van der Waals surface area contributed by atoms with Gasteiger partial charge in [-0.1, -0.05) is 15.9 Å². The van der Waals surface area contributed by atoms with Crippen LogP contribution in [0.1, 0.15) is 5.56 Å². The maximum atomic E-state index is 5.87. The lowest BCUT2D eigenvalue weighted by molar-refractivity contribution is 0.765. The van der Waals surface area contributed by atoms with Crippen LogP contribution in [-0.4, -0.2) is 15.0 Å². The molecule has 4 nitrogen and oxygen atoms in total. The highest BCUT2D eigenvalue weighted by Crippen LogP contribution is 2.21. The average Bonchev–Trinajstić information content (AvgIpc) is 2.80. The molecule has 0 fully saturated rings. The molecule has 0 bridgehead atoms. The van der Waals surface area contributed by atoms with Crippen molar-refractivity contribution in [2.24, 2.45) is 0 Å². The van der Waals surface area contributed by atoms with Gasteiger partial charge in [-0.2, -0.15) is 4.80 Å². The van der Waals surface area contributed by atoms with Crippen LogP contribution >= 0.6 is 15.9 Å². The predicted molar refractivity (Wildman–Crippen MR) is 75.7 cm³/mol. The molecule has 0 radical (unpaired) electrons. The summed E-state index contributed by atoms with van der Waals surface area (Å²) in [6.07, 6.45) is 0. The number of hydrogen-bond acceptors (Lipinski definition) is 3. The molecule has 18 heavy (non-hydrogen) atoms. The van der Waals surface area contributed by atoms with E-state index in [0.717, 1.165) is 32.4 Å². The number of nitrogen functional groups attached to an aromatic ring is 1. The first kappa shape index (κ1) is 11.2. The molecule has 0 saturated carbocycles. The smallest absolute Gasteiger partial charge is 0.118 e. The number of benzene rings is 2. The van der Waals surface area contributed by atoms with Crippen molar-refractivity contribution in [1.29, 1.82) is 0 Å². The molecule has 0 saturated heterocycles. The van der Waals surface area contributed by atoms with Crippen molar-refractivity contribution in [3.63, 3.8) is 0 Å². The summed E-state index contributed by atoms with van der Waals surface area (Å²) in [4.78, 5) is 1.63. The summed E-state index contributed by atoms with van der Waals surface area (Å²) in [6, 6.07) is 11.6. The maximum Gasteiger partial charge on any atom is 0.118 e. The summed E-state index contributed by atoms with van der Waals surface area (Å²) in [5.41, 5.74) is 10.2. The van der Waals surface area contributed by atoms with Crippen LogP contribution in [-0.2, 0) is 0 Å². The van der Waals surface area contributed by atoms with Gasteiger partial charge in [0, 0.05) is 15.7 Å². The van der Waals surface area contributed by atoms with Crippen molar-refractivity contribution in [1.82, 2.24) is 15.0 Å². The zero-order valence-electron chi connectivity index (χ0n) is 9.76. The van der Waals surface area contributed by atoms with Gasteiger partial charge in [-0.15, -0.1) is 10.2 Å². The lowest BCUT2D eigenvalue weighted by atomic mass is 10.2. The molecule has 0 aliphatic rings. The number of rotatable bonds is 1. The quantitative estimate of drug-likeness (QED) is 0.703. The van der Waals surface area contributed by atoms with Crippen molar-refractivity contribution in [3.05, 3.63) is 46.4 Å². The molecular weight excluding hydrogens is 292 g/mol. The monoisotopic (exact) mass is 302 g/mol. The Kier molecular flexibility index (Phi) is 2.56. The molecule has 0 spiro atoms. The molecule has 1 heterocycles. The number of halogens is 1. The van der Waals surface area contributed by atoms with Crippen LogP contribution in [0.4, 0.5) is 5.69 Å². The van der Waals surface area contributed by atoms with Crippen LogP contribution in [0.5, 0.6) is 0 Å². The van der Waals surface area contributed by atoms with Crippen LogP contribution in [0.25, 0.3) is 16.7 Å².